The molecule has 4 aromatic rings. The number of pyridine rings is 1. The number of hydrogen-bond acceptors (Lipinski definition) is 4. The molecule has 0 atom stereocenters. The van der Waals surface area contributed by atoms with Gasteiger partial charge in [0.25, 0.3) is 0 Å². The van der Waals surface area contributed by atoms with Crippen molar-refractivity contribution in [2.24, 2.45) is 0 Å². The first-order chi connectivity index (χ1) is 17.4. The van der Waals surface area contributed by atoms with Gasteiger partial charge in [-0.05, 0) is 87.2 Å². The molecule has 194 valence electrons. The maximum atomic E-state index is 14.7. The number of carbonyl (C=O) groups is 1. The lowest BCUT2D eigenvalue weighted by molar-refractivity contribution is -0.136. The zero-order chi connectivity index (χ0) is 27.1. The summed E-state index contributed by atoms with van der Waals surface area (Å²) in [5.41, 5.74) is 5.66. The van der Waals surface area contributed by atoms with Gasteiger partial charge in [0.2, 0.25) is 0 Å². The summed E-state index contributed by atoms with van der Waals surface area (Å²) < 4.78 is 17.0. The Morgan fingerprint density at radius 3 is 2.38 bits per heavy atom. The molecule has 8 heteroatoms. The van der Waals surface area contributed by atoms with E-state index in [-0.39, 0.29) is 12.2 Å². The third-order valence-corrected chi connectivity index (χ3v) is 6.43. The highest BCUT2D eigenvalue weighted by molar-refractivity contribution is 6.30. The van der Waals surface area contributed by atoms with Crippen LogP contribution in [-0.2, 0) is 17.8 Å². The Bertz CT molecular complexity index is 1470. The summed E-state index contributed by atoms with van der Waals surface area (Å²) in [5.74, 6) is -1.07. The fraction of sp³-hybridized carbons (Fsp3) is 0.310. The van der Waals surface area contributed by atoms with E-state index in [0.29, 0.717) is 23.7 Å². The Morgan fingerprint density at radius 2 is 1.78 bits per heavy atom. The highest BCUT2D eigenvalue weighted by Gasteiger charge is 2.30. The standard InChI is InChI=1S/C25H21ClFN3O2.C4H10O/c1-14-12-19-22(16-5-7-17(26)8-6-16)18(13-21(31)32)15(2)23-24(19)29(14)10-11-30(23)25-20(27)4-3-9-28-25;1-4(2,3)5/h3-9,12H,10-11,13H2,1-2H3,(H,31,32);5H,1-3H3. The number of benzene rings is 2. The zero-order valence-corrected chi connectivity index (χ0v) is 22.4. The fourth-order valence-electron chi connectivity index (χ4n) is 4.83. The average Bonchev–Trinajstić information content (AvgIpc) is 3.14. The van der Waals surface area contributed by atoms with E-state index in [4.69, 9.17) is 16.7 Å². The minimum Gasteiger partial charge on any atom is -0.481 e. The van der Waals surface area contributed by atoms with E-state index < -0.39 is 17.4 Å². The van der Waals surface area contributed by atoms with E-state index in [2.05, 4.69) is 15.6 Å². The predicted molar refractivity (Wildman–Crippen MR) is 146 cm³/mol. The Kier molecular flexibility index (Phi) is 7.31. The van der Waals surface area contributed by atoms with E-state index >= 15 is 0 Å². The Morgan fingerprint density at radius 1 is 1.14 bits per heavy atom. The molecular weight excluding hydrogens is 493 g/mol. The lowest BCUT2D eigenvalue weighted by Gasteiger charge is -2.33. The van der Waals surface area contributed by atoms with Gasteiger partial charge in [0.1, 0.15) is 0 Å². The maximum absolute atomic E-state index is 14.7. The second kappa shape index (κ2) is 10.1. The van der Waals surface area contributed by atoms with Gasteiger partial charge in [0.15, 0.2) is 11.6 Å². The van der Waals surface area contributed by atoms with Gasteiger partial charge >= 0.3 is 5.97 Å². The van der Waals surface area contributed by atoms with Crippen molar-refractivity contribution in [1.82, 2.24) is 9.55 Å². The second-order valence-electron chi connectivity index (χ2n) is 10.2. The van der Waals surface area contributed by atoms with Gasteiger partial charge in [-0.15, -0.1) is 0 Å². The molecule has 2 aromatic carbocycles. The van der Waals surface area contributed by atoms with Gasteiger partial charge in [-0.3, -0.25) is 4.79 Å². The number of aliphatic hydroxyl groups is 1. The number of rotatable bonds is 4. The van der Waals surface area contributed by atoms with E-state index in [0.717, 1.165) is 39.0 Å². The lowest BCUT2D eigenvalue weighted by Crippen LogP contribution is -2.30. The van der Waals surface area contributed by atoms with Gasteiger partial charge in [-0.1, -0.05) is 23.7 Å². The average molecular weight is 524 g/mol. The van der Waals surface area contributed by atoms with E-state index in [1.807, 2.05) is 43.0 Å². The molecule has 1 aliphatic heterocycles. The molecular formula is C29H31ClFN3O3. The number of carboxylic acids is 1. The smallest absolute Gasteiger partial charge is 0.307 e. The molecule has 0 bridgehead atoms. The molecule has 1 aliphatic rings. The quantitative estimate of drug-likeness (QED) is 0.312. The molecule has 0 saturated heterocycles. The van der Waals surface area contributed by atoms with Crippen LogP contribution in [0.15, 0.2) is 48.7 Å². The Balaban J connectivity index is 0.000000586. The number of aliphatic carboxylic acids is 1. The summed E-state index contributed by atoms with van der Waals surface area (Å²) in [7, 11) is 0. The third-order valence-electron chi connectivity index (χ3n) is 6.18. The predicted octanol–water partition coefficient (Wildman–Crippen LogP) is 6.67. The lowest BCUT2D eigenvalue weighted by atomic mass is 9.88. The molecule has 0 fully saturated rings. The number of aryl methyl sites for hydroxylation is 1. The van der Waals surface area contributed by atoms with Crippen LogP contribution >= 0.6 is 11.6 Å². The number of anilines is 2. The first-order valence-electron chi connectivity index (χ1n) is 12.1. The highest BCUT2D eigenvalue weighted by atomic mass is 35.5. The second-order valence-corrected chi connectivity index (χ2v) is 10.7. The molecule has 0 spiro atoms. The largest absolute Gasteiger partial charge is 0.481 e. The monoisotopic (exact) mass is 523 g/mol. The van der Waals surface area contributed by atoms with Gasteiger partial charge in [-0.2, -0.15) is 0 Å². The Hall–Kier alpha value is -3.42. The minimum absolute atomic E-state index is 0.143. The third kappa shape index (κ3) is 5.48. The van der Waals surface area contributed by atoms with E-state index in [9.17, 15) is 14.3 Å². The molecule has 3 heterocycles. The van der Waals surface area contributed by atoms with Crippen LogP contribution in [0.5, 0.6) is 0 Å². The fourth-order valence-corrected chi connectivity index (χ4v) is 4.96. The molecule has 37 heavy (non-hydrogen) atoms. The van der Waals surface area contributed by atoms with Crippen LogP contribution in [0.1, 0.15) is 37.6 Å². The molecule has 0 unspecified atom stereocenters. The van der Waals surface area contributed by atoms with Gasteiger partial charge < -0.3 is 19.7 Å². The summed E-state index contributed by atoms with van der Waals surface area (Å²) >= 11 is 6.11. The number of carboxylic acid groups (broad SMARTS) is 1. The van der Waals surface area contributed by atoms with Crippen molar-refractivity contribution in [2.45, 2.75) is 53.2 Å². The summed E-state index contributed by atoms with van der Waals surface area (Å²) in [5, 5.41) is 19.8. The number of hydrogen-bond donors (Lipinski definition) is 2. The van der Waals surface area contributed by atoms with Gasteiger partial charge in [0, 0.05) is 35.4 Å². The van der Waals surface area contributed by atoms with E-state index in [1.54, 1.807) is 33.0 Å². The summed E-state index contributed by atoms with van der Waals surface area (Å²) in [6.45, 7) is 10.4. The molecule has 6 nitrogen and oxygen atoms in total. The molecule has 2 aromatic heterocycles. The molecule has 0 saturated carbocycles. The van der Waals surface area contributed by atoms with Crippen molar-refractivity contribution in [3.8, 4) is 11.1 Å². The molecule has 0 amide bonds. The van der Waals surface area contributed by atoms with Gasteiger partial charge in [0.05, 0.1) is 23.2 Å². The SMILES string of the molecule is CC(C)(C)O.Cc1c(CC(=O)O)c(-c2ccc(Cl)cc2)c2cc(C)n3c2c1N(c1ncccc1F)CC3. The first kappa shape index (κ1) is 26.6. The van der Waals surface area contributed by atoms with Crippen molar-refractivity contribution in [1.29, 1.82) is 0 Å². The zero-order valence-electron chi connectivity index (χ0n) is 21.6. The molecule has 0 aliphatic carbocycles. The topological polar surface area (TPSA) is 78.6 Å². The van der Waals surface area contributed by atoms with Crippen LogP contribution in [-0.4, -0.2) is 37.9 Å². The summed E-state index contributed by atoms with van der Waals surface area (Å²) in [6, 6.07) is 12.5. The van der Waals surface area contributed by atoms with Crippen LogP contribution < -0.4 is 4.90 Å². The maximum Gasteiger partial charge on any atom is 0.307 e. The van der Waals surface area contributed by atoms with Crippen LogP contribution in [0.25, 0.3) is 22.0 Å². The van der Waals surface area contributed by atoms with Crippen LogP contribution in [0.4, 0.5) is 15.9 Å². The molecule has 0 radical (unpaired) electrons. The van der Waals surface area contributed by atoms with Crippen molar-refractivity contribution >= 4 is 40.0 Å². The Labute approximate surface area is 220 Å². The van der Waals surface area contributed by atoms with Crippen LogP contribution in [0.2, 0.25) is 5.02 Å². The normalized spacial score (nSPS) is 12.9. The highest BCUT2D eigenvalue weighted by Crippen LogP contribution is 2.46. The first-order valence-corrected chi connectivity index (χ1v) is 12.5. The van der Waals surface area contributed by atoms with E-state index in [1.165, 1.54) is 6.07 Å². The molecule has 5 rings (SSSR count). The van der Waals surface area contributed by atoms with Crippen LogP contribution in [0, 0.1) is 19.7 Å². The van der Waals surface area contributed by atoms with Crippen LogP contribution in [0.3, 0.4) is 0 Å². The van der Waals surface area contributed by atoms with Crippen molar-refractivity contribution in [2.75, 3.05) is 11.4 Å². The van der Waals surface area contributed by atoms with Crippen molar-refractivity contribution in [3.63, 3.8) is 0 Å². The number of nitrogens with zero attached hydrogens (tertiary/aromatic N) is 3. The number of aromatic nitrogens is 2. The summed E-state index contributed by atoms with van der Waals surface area (Å²) in [4.78, 5) is 18.1. The summed E-state index contributed by atoms with van der Waals surface area (Å²) in [6.07, 6.45) is 1.43. The number of halogens is 2. The van der Waals surface area contributed by atoms with Crippen molar-refractivity contribution < 1.29 is 19.4 Å². The molecule has 2 N–H and O–H groups in total. The minimum atomic E-state index is -0.919. The van der Waals surface area contributed by atoms with Crippen molar-refractivity contribution in [3.05, 3.63) is 76.3 Å². The van der Waals surface area contributed by atoms with Gasteiger partial charge in [-0.25, -0.2) is 9.37 Å².